The number of anilines is 1. The summed E-state index contributed by atoms with van der Waals surface area (Å²) in [5, 5.41) is 8.71. The van der Waals surface area contributed by atoms with Crippen molar-refractivity contribution in [2.24, 2.45) is 0 Å². The zero-order valence-corrected chi connectivity index (χ0v) is 12.2. The Morgan fingerprint density at radius 2 is 1.71 bits per heavy atom. The van der Waals surface area contributed by atoms with Gasteiger partial charge in [0.15, 0.2) is 0 Å². The first-order valence-corrected chi connectivity index (χ1v) is 7.79. The van der Waals surface area contributed by atoms with Crippen molar-refractivity contribution in [3.05, 3.63) is 54.1 Å². The topological polar surface area (TPSA) is 79.2 Å². The highest BCUT2D eigenvalue weighted by atomic mass is 32.2. The largest absolute Gasteiger partial charge is 0.494 e. The predicted molar refractivity (Wildman–Crippen MR) is 79.6 cm³/mol. The lowest BCUT2D eigenvalue weighted by Gasteiger charge is -2.09. The molecule has 0 spiro atoms. The predicted octanol–water partition coefficient (Wildman–Crippen LogP) is 2.76. The lowest BCUT2D eigenvalue weighted by Crippen LogP contribution is -2.12. The van der Waals surface area contributed by atoms with Crippen molar-refractivity contribution in [1.82, 2.24) is 0 Å². The standard InChI is InChI=1S/C15H14N2O3S/c1-2-20-14-7-5-13(6-8-14)17-21(18,19)15-9-3-12(11-16)4-10-15/h3-10,17H,2H2,1H3. The molecule has 1 N–H and O–H groups in total. The quantitative estimate of drug-likeness (QED) is 0.921. The second-order valence-electron chi connectivity index (χ2n) is 4.20. The zero-order valence-electron chi connectivity index (χ0n) is 11.4. The van der Waals surface area contributed by atoms with E-state index in [1.54, 1.807) is 24.3 Å². The molecule has 0 amide bonds. The molecule has 0 saturated heterocycles. The maximum atomic E-state index is 12.2. The third-order valence-electron chi connectivity index (χ3n) is 2.71. The average Bonchev–Trinajstić information content (AvgIpc) is 2.49. The molecule has 0 bridgehead atoms. The van der Waals surface area contributed by atoms with Crippen LogP contribution in [0.4, 0.5) is 5.69 Å². The molecule has 0 radical (unpaired) electrons. The van der Waals surface area contributed by atoms with Gasteiger partial charge < -0.3 is 4.74 Å². The Labute approximate surface area is 123 Å². The Hall–Kier alpha value is -2.52. The third kappa shape index (κ3) is 3.74. The van der Waals surface area contributed by atoms with Gasteiger partial charge in [0.1, 0.15) is 5.75 Å². The number of hydrogen-bond donors (Lipinski definition) is 1. The van der Waals surface area contributed by atoms with E-state index in [1.807, 2.05) is 13.0 Å². The van der Waals surface area contributed by atoms with Crippen LogP contribution in [0.1, 0.15) is 12.5 Å². The van der Waals surface area contributed by atoms with Crippen LogP contribution in [-0.4, -0.2) is 15.0 Å². The molecule has 2 aromatic rings. The fourth-order valence-corrected chi connectivity index (χ4v) is 2.77. The zero-order chi connectivity index (χ0) is 15.3. The van der Waals surface area contributed by atoms with Crippen LogP contribution in [0, 0.1) is 11.3 Å². The average molecular weight is 302 g/mol. The van der Waals surface area contributed by atoms with Crippen LogP contribution in [0.15, 0.2) is 53.4 Å². The molecule has 0 fully saturated rings. The Balaban J connectivity index is 2.18. The second kappa shape index (κ2) is 6.29. The highest BCUT2D eigenvalue weighted by Gasteiger charge is 2.13. The first kappa shape index (κ1) is 14.9. The maximum Gasteiger partial charge on any atom is 0.261 e. The van der Waals surface area contributed by atoms with Crippen LogP contribution in [0.5, 0.6) is 5.75 Å². The van der Waals surface area contributed by atoms with E-state index < -0.39 is 10.0 Å². The number of nitrogens with one attached hydrogen (secondary N) is 1. The number of rotatable bonds is 5. The van der Waals surface area contributed by atoms with Gasteiger partial charge in [0.2, 0.25) is 0 Å². The molecule has 0 atom stereocenters. The summed E-state index contributed by atoms with van der Waals surface area (Å²) >= 11 is 0. The summed E-state index contributed by atoms with van der Waals surface area (Å²) in [6.45, 7) is 2.43. The number of ether oxygens (including phenoxy) is 1. The molecule has 0 aromatic heterocycles. The van der Waals surface area contributed by atoms with Gasteiger partial charge in [0.25, 0.3) is 10.0 Å². The summed E-state index contributed by atoms with van der Waals surface area (Å²) in [4.78, 5) is 0.107. The number of sulfonamides is 1. The van der Waals surface area contributed by atoms with Crippen LogP contribution < -0.4 is 9.46 Å². The van der Waals surface area contributed by atoms with Crippen molar-refractivity contribution in [3.8, 4) is 11.8 Å². The van der Waals surface area contributed by atoms with E-state index in [0.717, 1.165) is 0 Å². The van der Waals surface area contributed by atoms with Crippen LogP contribution >= 0.6 is 0 Å². The summed E-state index contributed by atoms with van der Waals surface area (Å²) in [5.74, 6) is 0.679. The Bertz CT molecular complexity index is 745. The van der Waals surface area contributed by atoms with Crippen molar-refractivity contribution in [3.63, 3.8) is 0 Å². The van der Waals surface area contributed by atoms with E-state index >= 15 is 0 Å². The van der Waals surface area contributed by atoms with E-state index in [4.69, 9.17) is 10.00 Å². The molecular weight excluding hydrogens is 288 g/mol. The van der Waals surface area contributed by atoms with E-state index in [0.29, 0.717) is 23.6 Å². The van der Waals surface area contributed by atoms with Gasteiger partial charge >= 0.3 is 0 Å². The Morgan fingerprint density at radius 3 is 2.24 bits per heavy atom. The molecular formula is C15H14N2O3S. The molecule has 0 unspecified atom stereocenters. The highest BCUT2D eigenvalue weighted by Crippen LogP contribution is 2.19. The van der Waals surface area contributed by atoms with Gasteiger partial charge in [-0.1, -0.05) is 0 Å². The first-order valence-electron chi connectivity index (χ1n) is 6.31. The fourth-order valence-electron chi connectivity index (χ4n) is 1.71. The van der Waals surface area contributed by atoms with Crippen molar-refractivity contribution in [1.29, 1.82) is 5.26 Å². The molecule has 0 saturated carbocycles. The SMILES string of the molecule is CCOc1ccc(NS(=O)(=O)c2ccc(C#N)cc2)cc1. The lowest BCUT2D eigenvalue weighted by molar-refractivity contribution is 0.340. The Kier molecular flexibility index (Phi) is 4.45. The van der Waals surface area contributed by atoms with Crippen molar-refractivity contribution < 1.29 is 13.2 Å². The van der Waals surface area contributed by atoms with E-state index in [9.17, 15) is 8.42 Å². The first-order chi connectivity index (χ1) is 10.0. The monoisotopic (exact) mass is 302 g/mol. The number of nitriles is 1. The summed E-state index contributed by atoms with van der Waals surface area (Å²) in [6.07, 6.45) is 0. The van der Waals surface area contributed by atoms with Crippen molar-refractivity contribution >= 4 is 15.7 Å². The summed E-state index contributed by atoms with van der Waals surface area (Å²) in [5.41, 5.74) is 0.859. The molecule has 0 aliphatic carbocycles. The Morgan fingerprint density at radius 1 is 1.10 bits per heavy atom. The molecule has 5 nitrogen and oxygen atoms in total. The van der Waals surface area contributed by atoms with E-state index in [-0.39, 0.29) is 4.90 Å². The molecule has 2 aromatic carbocycles. The summed E-state index contributed by atoms with van der Waals surface area (Å²) in [7, 11) is -3.66. The minimum absolute atomic E-state index is 0.107. The van der Waals surface area contributed by atoms with Crippen molar-refractivity contribution in [2.45, 2.75) is 11.8 Å². The molecule has 0 aliphatic rings. The molecule has 0 heterocycles. The van der Waals surface area contributed by atoms with Gasteiger partial charge in [0.05, 0.1) is 23.1 Å². The van der Waals surface area contributed by atoms with Crippen LogP contribution in [0.2, 0.25) is 0 Å². The van der Waals surface area contributed by atoms with E-state index in [2.05, 4.69) is 4.72 Å². The highest BCUT2D eigenvalue weighted by molar-refractivity contribution is 7.92. The molecule has 0 aliphatic heterocycles. The molecule has 21 heavy (non-hydrogen) atoms. The molecule has 108 valence electrons. The maximum absolute atomic E-state index is 12.2. The summed E-state index contributed by atoms with van der Waals surface area (Å²) < 4.78 is 32.1. The normalized spacial score (nSPS) is 10.7. The minimum atomic E-state index is -3.66. The van der Waals surface area contributed by atoms with E-state index in [1.165, 1.54) is 24.3 Å². The van der Waals surface area contributed by atoms with Crippen molar-refractivity contribution in [2.75, 3.05) is 11.3 Å². The van der Waals surface area contributed by atoms with Gasteiger partial charge in [-0.3, -0.25) is 4.72 Å². The minimum Gasteiger partial charge on any atom is -0.494 e. The van der Waals surface area contributed by atoms with Gasteiger partial charge in [-0.25, -0.2) is 8.42 Å². The smallest absolute Gasteiger partial charge is 0.261 e. The summed E-state index contributed by atoms with van der Waals surface area (Å²) in [6, 6.07) is 14.3. The fraction of sp³-hybridized carbons (Fsp3) is 0.133. The van der Waals surface area contributed by atoms with Crippen LogP contribution in [-0.2, 0) is 10.0 Å². The molecule has 6 heteroatoms. The van der Waals surface area contributed by atoms with Crippen LogP contribution in [0.25, 0.3) is 0 Å². The van der Waals surface area contributed by atoms with Gasteiger partial charge in [0, 0.05) is 5.69 Å². The van der Waals surface area contributed by atoms with Gasteiger partial charge in [-0.15, -0.1) is 0 Å². The number of hydrogen-bond acceptors (Lipinski definition) is 4. The van der Waals surface area contributed by atoms with Gasteiger partial charge in [-0.05, 0) is 55.5 Å². The number of nitrogens with zero attached hydrogens (tertiary/aromatic N) is 1. The second-order valence-corrected chi connectivity index (χ2v) is 5.88. The van der Waals surface area contributed by atoms with Crippen LogP contribution in [0.3, 0.4) is 0 Å². The lowest BCUT2D eigenvalue weighted by atomic mass is 10.2. The molecule has 2 rings (SSSR count). The third-order valence-corrected chi connectivity index (χ3v) is 4.11. The van der Waals surface area contributed by atoms with Gasteiger partial charge in [-0.2, -0.15) is 5.26 Å². The number of benzene rings is 2.